The van der Waals surface area contributed by atoms with Crippen LogP contribution >= 0.6 is 11.6 Å². The molecule has 0 aliphatic carbocycles. The minimum absolute atomic E-state index is 0.739. The molecule has 1 aliphatic rings. The molecule has 26 heavy (non-hydrogen) atoms. The lowest BCUT2D eigenvalue weighted by Crippen LogP contribution is -2.13. The molecule has 0 saturated carbocycles. The van der Waals surface area contributed by atoms with Gasteiger partial charge in [-0.1, -0.05) is 35.9 Å². The Morgan fingerprint density at radius 2 is 1.42 bits per heavy atom. The van der Waals surface area contributed by atoms with Crippen LogP contribution in [0.2, 0.25) is 5.02 Å². The number of fused-ring (bicyclic) bond motifs is 1. The van der Waals surface area contributed by atoms with E-state index in [0.29, 0.717) is 0 Å². The number of nitrogens with zero attached hydrogens (tertiary/aromatic N) is 2. The van der Waals surface area contributed by atoms with E-state index >= 15 is 0 Å². The molecule has 130 valence electrons. The highest BCUT2D eigenvalue weighted by atomic mass is 35.5. The minimum atomic E-state index is 0.739. The van der Waals surface area contributed by atoms with Crippen LogP contribution in [-0.2, 0) is 13.1 Å². The fourth-order valence-corrected chi connectivity index (χ4v) is 3.45. The minimum Gasteiger partial charge on any atom is -0.363 e. The van der Waals surface area contributed by atoms with Crippen molar-refractivity contribution in [1.82, 2.24) is 0 Å². The van der Waals surface area contributed by atoms with Gasteiger partial charge < -0.3 is 4.90 Å². The summed E-state index contributed by atoms with van der Waals surface area (Å²) in [7, 11) is 0. The van der Waals surface area contributed by atoms with E-state index in [4.69, 9.17) is 11.6 Å². The van der Waals surface area contributed by atoms with E-state index in [1.165, 1.54) is 27.9 Å². The summed E-state index contributed by atoms with van der Waals surface area (Å²) >= 11 is 5.91. The Morgan fingerprint density at radius 3 is 2.00 bits per heavy atom. The van der Waals surface area contributed by atoms with Gasteiger partial charge in [0.2, 0.25) is 0 Å². The summed E-state index contributed by atoms with van der Waals surface area (Å²) in [6, 6.07) is 20.8. The number of anilines is 1. The van der Waals surface area contributed by atoms with Crippen molar-refractivity contribution in [3.8, 4) is 0 Å². The zero-order valence-electron chi connectivity index (χ0n) is 15.0. The van der Waals surface area contributed by atoms with Gasteiger partial charge in [0.25, 0.3) is 0 Å². The Hall–Kier alpha value is -2.58. The molecule has 4 rings (SSSR count). The van der Waals surface area contributed by atoms with Crippen LogP contribution in [0.1, 0.15) is 27.8 Å². The van der Waals surface area contributed by atoms with Gasteiger partial charge in [0.15, 0.2) is 0 Å². The molecule has 0 bridgehead atoms. The van der Waals surface area contributed by atoms with Crippen molar-refractivity contribution >= 4 is 29.2 Å². The first kappa shape index (κ1) is 16.9. The highest BCUT2D eigenvalue weighted by Crippen LogP contribution is 2.31. The van der Waals surface area contributed by atoms with Gasteiger partial charge in [-0.2, -0.15) is 0 Å². The Balaban J connectivity index is 1.47. The fraction of sp³-hybridized carbons (Fsp3) is 0.174. The second kappa shape index (κ2) is 6.97. The summed E-state index contributed by atoms with van der Waals surface area (Å²) in [5, 5.41) is 0.739. The quantitative estimate of drug-likeness (QED) is 0.505. The molecule has 0 unspecified atom stereocenters. The van der Waals surface area contributed by atoms with Crippen molar-refractivity contribution < 1.29 is 0 Å². The van der Waals surface area contributed by atoms with Gasteiger partial charge in [0, 0.05) is 30.0 Å². The summed E-state index contributed by atoms with van der Waals surface area (Å²) in [6.45, 7) is 6.32. The lowest BCUT2D eigenvalue weighted by atomic mass is 10.0. The molecule has 1 aliphatic heterocycles. The Labute approximate surface area is 159 Å². The molecule has 3 aromatic rings. The molecule has 0 N–H and O–H groups in total. The highest BCUT2D eigenvalue weighted by Gasteiger charge is 2.19. The first-order valence-electron chi connectivity index (χ1n) is 8.82. The van der Waals surface area contributed by atoms with Gasteiger partial charge >= 0.3 is 0 Å². The topological polar surface area (TPSA) is 15.6 Å². The van der Waals surface area contributed by atoms with Gasteiger partial charge in [-0.05, 0) is 78.1 Å². The normalized spacial score (nSPS) is 13.4. The average Bonchev–Trinajstić information content (AvgIpc) is 3.05. The van der Waals surface area contributed by atoms with Crippen molar-refractivity contribution in [1.29, 1.82) is 0 Å². The number of halogens is 1. The molecule has 2 nitrogen and oxygen atoms in total. The molecule has 1 heterocycles. The van der Waals surface area contributed by atoms with Crippen molar-refractivity contribution in [3.63, 3.8) is 0 Å². The van der Waals surface area contributed by atoms with Crippen molar-refractivity contribution in [2.45, 2.75) is 26.9 Å². The monoisotopic (exact) mass is 360 g/mol. The van der Waals surface area contributed by atoms with Gasteiger partial charge in [0.05, 0.1) is 5.69 Å². The zero-order chi connectivity index (χ0) is 18.1. The van der Waals surface area contributed by atoms with Gasteiger partial charge in [-0.3, -0.25) is 4.99 Å². The zero-order valence-corrected chi connectivity index (χ0v) is 15.8. The second-order valence-corrected chi connectivity index (χ2v) is 7.32. The van der Waals surface area contributed by atoms with Crippen LogP contribution in [0.4, 0.5) is 11.4 Å². The molecule has 0 radical (unpaired) electrons. The second-order valence-electron chi connectivity index (χ2n) is 6.89. The van der Waals surface area contributed by atoms with Crippen LogP contribution in [0.15, 0.2) is 65.7 Å². The lowest BCUT2D eigenvalue weighted by Gasteiger charge is -2.17. The Morgan fingerprint density at radius 1 is 0.846 bits per heavy atom. The van der Waals surface area contributed by atoms with Crippen molar-refractivity contribution in [2.75, 3.05) is 4.90 Å². The maximum absolute atomic E-state index is 5.91. The van der Waals surface area contributed by atoms with Crippen molar-refractivity contribution in [2.24, 2.45) is 4.99 Å². The summed E-state index contributed by atoms with van der Waals surface area (Å²) in [5.74, 6) is 0. The molecular weight excluding hydrogens is 340 g/mol. The number of aliphatic imine (C=N–C) groups is 1. The van der Waals surface area contributed by atoms with E-state index in [1.54, 1.807) is 0 Å². The number of hydrogen-bond acceptors (Lipinski definition) is 2. The SMILES string of the molecule is Cc1cc2c(cc1C)CN(c1ccc(N=Cc3ccc(Cl)cc3)cc1)C2. The third-order valence-corrected chi connectivity index (χ3v) is 5.24. The Kier molecular flexibility index (Phi) is 4.52. The molecular formula is C23H21ClN2. The van der Waals surface area contributed by atoms with Crippen LogP contribution in [-0.4, -0.2) is 6.21 Å². The molecule has 0 amide bonds. The van der Waals surface area contributed by atoms with Crippen LogP contribution < -0.4 is 4.90 Å². The van der Waals surface area contributed by atoms with E-state index < -0.39 is 0 Å². The smallest absolute Gasteiger partial charge is 0.0631 e. The van der Waals surface area contributed by atoms with Gasteiger partial charge in [-0.25, -0.2) is 0 Å². The van der Waals surface area contributed by atoms with E-state index in [2.05, 4.69) is 60.1 Å². The van der Waals surface area contributed by atoms with E-state index in [0.717, 1.165) is 29.4 Å². The van der Waals surface area contributed by atoms with Crippen molar-refractivity contribution in [3.05, 3.63) is 93.5 Å². The van der Waals surface area contributed by atoms with E-state index in [-0.39, 0.29) is 0 Å². The summed E-state index contributed by atoms with van der Waals surface area (Å²) in [4.78, 5) is 6.96. The third-order valence-electron chi connectivity index (χ3n) is 4.99. The molecule has 0 spiro atoms. The summed E-state index contributed by atoms with van der Waals surface area (Å²) < 4.78 is 0. The predicted octanol–water partition coefficient (Wildman–Crippen LogP) is 6.23. The van der Waals surface area contributed by atoms with Crippen LogP contribution in [0, 0.1) is 13.8 Å². The largest absolute Gasteiger partial charge is 0.363 e. The highest BCUT2D eigenvalue weighted by molar-refractivity contribution is 6.30. The third kappa shape index (κ3) is 3.51. The predicted molar refractivity (Wildman–Crippen MR) is 111 cm³/mol. The number of benzene rings is 3. The van der Waals surface area contributed by atoms with Crippen LogP contribution in [0.3, 0.4) is 0 Å². The number of hydrogen-bond donors (Lipinski definition) is 0. The van der Waals surface area contributed by atoms with Gasteiger partial charge in [-0.15, -0.1) is 0 Å². The number of rotatable bonds is 3. The van der Waals surface area contributed by atoms with Crippen LogP contribution in [0.5, 0.6) is 0 Å². The standard InChI is InChI=1S/C23H21ClN2/c1-16-11-19-14-26(15-20(19)12-17(16)2)23-9-7-22(8-10-23)25-13-18-3-5-21(24)6-4-18/h3-13H,14-15H2,1-2H3. The average molecular weight is 361 g/mol. The maximum atomic E-state index is 5.91. The van der Waals surface area contributed by atoms with E-state index in [1.807, 2.05) is 30.5 Å². The first-order chi connectivity index (χ1) is 12.6. The molecule has 0 aromatic heterocycles. The van der Waals surface area contributed by atoms with Gasteiger partial charge in [0.1, 0.15) is 0 Å². The number of aryl methyl sites for hydroxylation is 2. The summed E-state index contributed by atoms with van der Waals surface area (Å²) in [5.41, 5.74) is 8.86. The lowest BCUT2D eigenvalue weighted by molar-refractivity contribution is 0.880. The first-order valence-corrected chi connectivity index (χ1v) is 9.20. The molecule has 3 aromatic carbocycles. The molecule has 0 atom stereocenters. The maximum Gasteiger partial charge on any atom is 0.0631 e. The van der Waals surface area contributed by atoms with E-state index in [9.17, 15) is 0 Å². The fourth-order valence-electron chi connectivity index (χ4n) is 3.33. The summed E-state index contributed by atoms with van der Waals surface area (Å²) in [6.07, 6.45) is 1.86. The molecule has 0 fully saturated rings. The molecule has 0 saturated heterocycles. The molecule has 3 heteroatoms. The van der Waals surface area contributed by atoms with Crippen LogP contribution in [0.25, 0.3) is 0 Å². The Bertz CT molecular complexity index is 926.